The minimum absolute atomic E-state index is 0. The minimum Gasteiger partial charge on any atom is -0.753 e. The molecule has 0 aliphatic heterocycles. The number of aromatic nitrogens is 6. The van der Waals surface area contributed by atoms with Crippen LogP contribution in [0.25, 0.3) is 59.8 Å². The second-order valence-electron chi connectivity index (χ2n) is 12.3. The van der Waals surface area contributed by atoms with Crippen LogP contribution < -0.4 is 14.6 Å². The summed E-state index contributed by atoms with van der Waals surface area (Å²) >= 11 is 8.80. The van der Waals surface area contributed by atoms with E-state index in [2.05, 4.69) is 72.9 Å². The molecule has 19 heteroatoms. The van der Waals surface area contributed by atoms with Gasteiger partial charge in [0.25, 0.3) is 12.9 Å². The van der Waals surface area contributed by atoms with E-state index < -0.39 is 11.9 Å². The number of hydrogen-bond donors (Lipinski definition) is 0. The number of thiophene rings is 2. The van der Waals surface area contributed by atoms with Gasteiger partial charge in [0.2, 0.25) is 0 Å². The van der Waals surface area contributed by atoms with Gasteiger partial charge in [-0.25, -0.2) is 4.98 Å². The Morgan fingerprint density at radius 3 is 2.10 bits per heavy atom. The Balaban J connectivity index is 0.000000265. The van der Waals surface area contributed by atoms with Gasteiger partial charge >= 0.3 is 25.7 Å². The molecule has 11 nitrogen and oxygen atoms in total. The summed E-state index contributed by atoms with van der Waals surface area (Å²) in [5, 5.41) is 17.3. The molecule has 0 aromatic carbocycles. The SMILES string of the molecule is CCCCCCCSc1ccnc(-c2cc(C(F)(F)F)n[n-]2)c1.O=COc1ccnc(-c2cc(OC=O)cc(-c3cc(-c4ccc(-c5cccs5)s4)ccn3)n2)c1.[N-]=C=S.[Ru+2]. The van der Waals surface area contributed by atoms with Crippen LogP contribution in [0.3, 0.4) is 0 Å². The van der Waals surface area contributed by atoms with E-state index in [0.717, 1.165) is 33.6 Å². The predicted molar refractivity (Wildman–Crippen MR) is 232 cm³/mol. The van der Waals surface area contributed by atoms with Crippen molar-refractivity contribution >= 4 is 64.8 Å². The first-order valence-electron chi connectivity index (χ1n) is 18.1. The van der Waals surface area contributed by atoms with Gasteiger partial charge in [-0.05, 0) is 77.7 Å². The number of thioether (sulfide) groups is 1. The first kappa shape index (κ1) is 48.4. The number of thiocarbonyl (C=S) groups is 1. The van der Waals surface area contributed by atoms with E-state index >= 15 is 0 Å². The molecule has 61 heavy (non-hydrogen) atoms. The number of alkyl halides is 3. The molecule has 7 aromatic rings. The number of carbonyl (C=O) groups is 2. The molecule has 7 aromatic heterocycles. The number of isothiocyanates is 1. The van der Waals surface area contributed by atoms with Gasteiger partial charge < -0.3 is 25.1 Å². The van der Waals surface area contributed by atoms with E-state index in [1.807, 2.05) is 24.3 Å². The Bertz CT molecular complexity index is 2490. The van der Waals surface area contributed by atoms with Gasteiger partial charge in [0.15, 0.2) is 0 Å². The number of unbranched alkanes of at least 4 members (excludes halogenated alkanes) is 4. The van der Waals surface area contributed by atoms with E-state index in [1.54, 1.807) is 77.2 Å². The van der Waals surface area contributed by atoms with Crippen LogP contribution in [-0.2, 0) is 35.2 Å². The number of hydrogen-bond acceptors (Lipinski definition) is 13. The third-order valence-corrected chi connectivity index (χ3v) is 11.5. The third-order valence-electron chi connectivity index (χ3n) is 8.18. The fourth-order valence-corrected chi connectivity index (χ4v) is 8.21. The molecule has 0 atom stereocenters. The zero-order valence-corrected chi connectivity index (χ0v) is 37.1. The molecule has 0 fully saturated rings. The van der Waals surface area contributed by atoms with Crippen molar-refractivity contribution in [2.24, 2.45) is 0 Å². The molecule has 0 N–H and O–H groups in total. The van der Waals surface area contributed by atoms with Gasteiger partial charge in [-0.1, -0.05) is 56.6 Å². The summed E-state index contributed by atoms with van der Waals surface area (Å²) in [6, 6.07) is 23.2. The number of pyridine rings is 4. The summed E-state index contributed by atoms with van der Waals surface area (Å²) < 4.78 is 47.7. The molecule has 0 bridgehead atoms. The van der Waals surface area contributed by atoms with Crippen LogP contribution in [0, 0.1) is 0 Å². The average molecular weight is 987 g/mol. The second-order valence-corrected chi connectivity index (χ2v) is 15.7. The summed E-state index contributed by atoms with van der Waals surface area (Å²) in [7, 11) is 0. The van der Waals surface area contributed by atoms with Crippen molar-refractivity contribution in [2.75, 3.05) is 5.75 Å². The summed E-state index contributed by atoms with van der Waals surface area (Å²) in [5.74, 6) is 1.61. The molecular formula is C42H34F3N7O4RuS4. The van der Waals surface area contributed by atoms with Crippen LogP contribution >= 0.6 is 46.7 Å². The summed E-state index contributed by atoms with van der Waals surface area (Å²) in [4.78, 5) is 43.8. The molecule has 0 saturated carbocycles. The Labute approximate surface area is 379 Å². The van der Waals surface area contributed by atoms with Crippen LogP contribution in [0.2, 0.25) is 0 Å². The zero-order chi connectivity index (χ0) is 42.7. The zero-order valence-electron chi connectivity index (χ0n) is 32.1. The quantitative estimate of drug-likeness (QED) is 0.0226. The number of ether oxygens (including phenoxy) is 2. The van der Waals surface area contributed by atoms with Crippen LogP contribution in [0.1, 0.15) is 44.7 Å². The molecule has 0 spiro atoms. The predicted octanol–water partition coefficient (Wildman–Crippen LogP) is 11.6. The monoisotopic (exact) mass is 987 g/mol. The normalized spacial score (nSPS) is 10.5. The van der Waals surface area contributed by atoms with E-state index in [1.165, 1.54) is 46.8 Å². The van der Waals surface area contributed by atoms with Crippen molar-refractivity contribution in [1.82, 2.24) is 30.1 Å². The Morgan fingerprint density at radius 1 is 0.787 bits per heavy atom. The fraction of sp³-hybridized carbons (Fsp3) is 0.190. The molecular weight excluding hydrogens is 953 g/mol. The van der Waals surface area contributed by atoms with Crippen molar-refractivity contribution in [3.8, 4) is 65.9 Å². The molecule has 0 saturated heterocycles. The summed E-state index contributed by atoms with van der Waals surface area (Å²) in [6.45, 7) is 2.88. The maximum Gasteiger partial charge on any atom is 2.00 e. The summed E-state index contributed by atoms with van der Waals surface area (Å²) in [5.41, 5.74) is 2.61. The molecule has 0 aliphatic rings. The maximum atomic E-state index is 12.6. The molecule has 0 unspecified atom stereocenters. The van der Waals surface area contributed by atoms with Crippen LogP contribution in [0.4, 0.5) is 13.2 Å². The summed E-state index contributed by atoms with van der Waals surface area (Å²) in [6.07, 6.45) is 6.43. The Kier molecular flexibility index (Phi) is 19.7. The fourth-order valence-electron chi connectivity index (χ4n) is 5.44. The molecule has 0 amide bonds. The van der Waals surface area contributed by atoms with Gasteiger partial charge in [0, 0.05) is 56.3 Å². The molecule has 0 aliphatic carbocycles. The van der Waals surface area contributed by atoms with Crippen LogP contribution in [-0.4, -0.2) is 48.9 Å². The number of rotatable bonds is 16. The minimum atomic E-state index is -4.48. The van der Waals surface area contributed by atoms with Crippen LogP contribution in [0.15, 0.2) is 108 Å². The van der Waals surface area contributed by atoms with Crippen molar-refractivity contribution in [2.45, 2.75) is 50.1 Å². The van der Waals surface area contributed by atoms with Gasteiger partial charge in [-0.15, -0.1) is 34.4 Å². The van der Waals surface area contributed by atoms with Gasteiger partial charge in [0.05, 0.1) is 28.5 Å². The van der Waals surface area contributed by atoms with Gasteiger partial charge in [-0.3, -0.25) is 24.5 Å². The van der Waals surface area contributed by atoms with Gasteiger partial charge in [0.1, 0.15) is 17.2 Å². The Hall–Kier alpha value is -5.29. The maximum absolute atomic E-state index is 12.6. The van der Waals surface area contributed by atoms with Crippen molar-refractivity contribution < 1.29 is 51.7 Å². The molecule has 7 heterocycles. The number of nitrogens with zero attached hydrogens (tertiary/aromatic N) is 7. The third kappa shape index (κ3) is 14.7. The molecule has 0 radical (unpaired) electrons. The van der Waals surface area contributed by atoms with Crippen LogP contribution in [0.5, 0.6) is 11.5 Å². The first-order chi connectivity index (χ1) is 29.1. The van der Waals surface area contributed by atoms with E-state index in [9.17, 15) is 22.8 Å². The standard InChI is InChI=1S/C25H15N3O4S2.C16H19F3N3S.CNS.Ru/c29-14-31-17-6-8-27-20(11-17)22-13-18(32-15-30)12-21(28-22)19-10-16(5-7-26-19)23-3-4-25(34-23)24-2-1-9-33-24;1-2-3-4-5-6-9-23-12-7-8-20-13(10-12)14-11-15(22-21-14)16(17,18)19;2-1-3;/h1-15H;7-8,10-11H,2-6,9H2,1H3;;/q;2*-1;+2. The first-order valence-corrected chi connectivity index (χ1v) is 21.2. The molecule has 314 valence electrons. The smallest absolute Gasteiger partial charge is 0.753 e. The van der Waals surface area contributed by atoms with E-state index in [-0.39, 0.29) is 25.2 Å². The average Bonchev–Trinajstić information content (AvgIpc) is 4.07. The van der Waals surface area contributed by atoms with Crippen molar-refractivity contribution in [3.63, 3.8) is 0 Å². The number of carbonyl (C=O) groups excluding carboxylic acids is 2. The molecule has 7 rings (SSSR count). The van der Waals surface area contributed by atoms with Crippen molar-refractivity contribution in [1.29, 1.82) is 0 Å². The second kappa shape index (κ2) is 24.8. The number of halogens is 3. The van der Waals surface area contributed by atoms with Crippen molar-refractivity contribution in [3.05, 3.63) is 114 Å². The topological polar surface area (TPSA) is 153 Å². The largest absolute Gasteiger partial charge is 2.00 e. The Morgan fingerprint density at radius 2 is 1.43 bits per heavy atom. The van der Waals surface area contributed by atoms with E-state index in [4.69, 9.17) is 14.9 Å². The van der Waals surface area contributed by atoms with Gasteiger partial charge in [-0.2, -0.15) is 18.3 Å². The van der Waals surface area contributed by atoms with E-state index in [0.29, 0.717) is 52.9 Å².